The van der Waals surface area contributed by atoms with E-state index in [9.17, 15) is 4.79 Å². The van der Waals surface area contributed by atoms with Crippen LogP contribution < -0.4 is 10.2 Å². The Labute approximate surface area is 180 Å². The molecule has 0 fully saturated rings. The summed E-state index contributed by atoms with van der Waals surface area (Å²) in [4.78, 5) is 16.0. The summed E-state index contributed by atoms with van der Waals surface area (Å²) in [7, 11) is 0. The molecule has 0 saturated heterocycles. The Morgan fingerprint density at radius 1 is 1.17 bits per heavy atom. The smallest absolute Gasteiger partial charge is 0.341 e. The second kappa shape index (κ2) is 8.35. The molecule has 1 aliphatic heterocycles. The van der Waals surface area contributed by atoms with E-state index in [4.69, 9.17) is 17.0 Å². The van der Waals surface area contributed by atoms with Crippen molar-refractivity contribution in [3.63, 3.8) is 0 Å². The third-order valence-corrected chi connectivity index (χ3v) is 6.32. The van der Waals surface area contributed by atoms with Gasteiger partial charge in [0, 0.05) is 22.7 Å². The molecule has 4 rings (SSSR count). The second-order valence-corrected chi connectivity index (χ2v) is 8.40. The van der Waals surface area contributed by atoms with Crippen molar-refractivity contribution < 1.29 is 9.53 Å². The summed E-state index contributed by atoms with van der Waals surface area (Å²) in [6.07, 6.45) is 0.960. The van der Waals surface area contributed by atoms with Gasteiger partial charge in [0.2, 0.25) is 0 Å². The Morgan fingerprint density at radius 3 is 2.66 bits per heavy atom. The maximum atomic E-state index is 12.9. The van der Waals surface area contributed by atoms with Gasteiger partial charge < -0.3 is 15.0 Å². The molecular weight excluding hydrogens is 400 g/mol. The molecule has 0 radical (unpaired) electrons. The number of aryl methyl sites for hydroxylation is 1. The van der Waals surface area contributed by atoms with Crippen LogP contribution in [0.5, 0.6) is 0 Å². The van der Waals surface area contributed by atoms with Crippen molar-refractivity contribution in [1.29, 1.82) is 0 Å². The summed E-state index contributed by atoms with van der Waals surface area (Å²) in [5.74, 6) is -0.331. The maximum absolute atomic E-state index is 12.9. The predicted molar refractivity (Wildman–Crippen MR) is 124 cm³/mol. The van der Waals surface area contributed by atoms with E-state index >= 15 is 0 Å². The number of thiocarbonyl (C=S) groups is 1. The number of fused-ring (bicyclic) bond motifs is 1. The Hall–Kier alpha value is -2.70. The van der Waals surface area contributed by atoms with Gasteiger partial charge in [-0.05, 0) is 49.7 Å². The lowest BCUT2D eigenvalue weighted by Crippen LogP contribution is -2.33. The van der Waals surface area contributed by atoms with Gasteiger partial charge in [0.15, 0.2) is 5.11 Å². The second-order valence-electron chi connectivity index (χ2n) is 6.78. The van der Waals surface area contributed by atoms with Crippen LogP contribution in [0.4, 0.5) is 10.7 Å². The highest BCUT2D eigenvalue weighted by Gasteiger charge is 2.27. The zero-order valence-corrected chi connectivity index (χ0v) is 18.0. The number of nitrogens with zero attached hydrogens (tertiary/aromatic N) is 1. The van der Waals surface area contributed by atoms with Crippen molar-refractivity contribution in [1.82, 2.24) is 0 Å². The summed E-state index contributed by atoms with van der Waals surface area (Å²) in [6, 6.07) is 18.2. The number of ether oxygens (including phenoxy) is 1. The number of para-hydroxylation sites is 1. The van der Waals surface area contributed by atoms with Gasteiger partial charge in [-0.15, -0.1) is 11.3 Å². The van der Waals surface area contributed by atoms with E-state index in [0.717, 1.165) is 39.7 Å². The van der Waals surface area contributed by atoms with E-state index in [2.05, 4.69) is 22.3 Å². The molecule has 0 amide bonds. The van der Waals surface area contributed by atoms with E-state index in [1.807, 2.05) is 56.3 Å². The standard InChI is InChI=1S/C23H22N2O2S2/c1-3-27-22(26)20-19(17-10-5-4-6-11-17)15(2)29-21(20)24-23(28)25-14-13-16-9-7-8-12-18(16)25/h4-12H,3,13-14H2,1-2H3,(H,24,28). The highest BCUT2D eigenvalue weighted by molar-refractivity contribution is 7.80. The highest BCUT2D eigenvalue weighted by atomic mass is 32.1. The van der Waals surface area contributed by atoms with Gasteiger partial charge >= 0.3 is 5.97 Å². The minimum atomic E-state index is -0.331. The van der Waals surface area contributed by atoms with Gasteiger partial charge in [0.1, 0.15) is 10.6 Å². The quantitative estimate of drug-likeness (QED) is 0.434. The maximum Gasteiger partial charge on any atom is 0.341 e. The highest BCUT2D eigenvalue weighted by Crippen LogP contribution is 2.41. The van der Waals surface area contributed by atoms with Crippen LogP contribution in [-0.4, -0.2) is 24.2 Å². The Kier molecular flexibility index (Phi) is 5.65. The number of carbonyl (C=O) groups excluding carboxylic acids is 1. The number of anilines is 2. The van der Waals surface area contributed by atoms with Crippen molar-refractivity contribution in [2.45, 2.75) is 20.3 Å². The third-order valence-electron chi connectivity index (χ3n) is 4.98. The van der Waals surface area contributed by atoms with Crippen molar-refractivity contribution in [2.24, 2.45) is 0 Å². The van der Waals surface area contributed by atoms with Crippen LogP contribution in [0.1, 0.15) is 27.7 Å². The van der Waals surface area contributed by atoms with E-state index in [1.54, 1.807) is 0 Å². The number of thiophene rings is 1. The molecular formula is C23H22N2O2S2. The largest absolute Gasteiger partial charge is 0.462 e. The van der Waals surface area contributed by atoms with Crippen molar-refractivity contribution in [3.8, 4) is 11.1 Å². The lowest BCUT2D eigenvalue weighted by molar-refractivity contribution is 0.0529. The number of carbonyl (C=O) groups is 1. The molecule has 0 unspecified atom stereocenters. The molecule has 6 heteroatoms. The molecule has 4 nitrogen and oxygen atoms in total. The van der Waals surface area contributed by atoms with Crippen LogP contribution in [0, 0.1) is 6.92 Å². The molecule has 0 spiro atoms. The van der Waals surface area contributed by atoms with E-state index < -0.39 is 0 Å². The minimum absolute atomic E-state index is 0.325. The van der Waals surface area contributed by atoms with Crippen LogP contribution in [0.25, 0.3) is 11.1 Å². The summed E-state index contributed by atoms with van der Waals surface area (Å²) < 4.78 is 5.38. The Bertz CT molecular complexity index is 1060. The fraction of sp³-hybridized carbons (Fsp3) is 0.217. The predicted octanol–water partition coefficient (Wildman–Crippen LogP) is 5.66. The Morgan fingerprint density at radius 2 is 1.90 bits per heavy atom. The van der Waals surface area contributed by atoms with Crippen molar-refractivity contribution >= 4 is 45.3 Å². The first-order valence-corrected chi connectivity index (χ1v) is 10.8. The van der Waals surface area contributed by atoms with Crippen LogP contribution in [-0.2, 0) is 11.2 Å². The van der Waals surface area contributed by atoms with Crippen LogP contribution in [0.2, 0.25) is 0 Å². The van der Waals surface area contributed by atoms with Crippen LogP contribution in [0.3, 0.4) is 0 Å². The monoisotopic (exact) mass is 422 g/mol. The topological polar surface area (TPSA) is 41.6 Å². The molecule has 0 aliphatic carbocycles. The van der Waals surface area contributed by atoms with Gasteiger partial charge in [-0.1, -0.05) is 48.5 Å². The molecule has 148 valence electrons. The number of hydrogen-bond acceptors (Lipinski definition) is 4. The zero-order valence-electron chi connectivity index (χ0n) is 16.4. The zero-order chi connectivity index (χ0) is 20.4. The van der Waals surface area contributed by atoms with E-state index in [1.165, 1.54) is 16.9 Å². The number of nitrogens with one attached hydrogen (secondary N) is 1. The minimum Gasteiger partial charge on any atom is -0.462 e. The molecule has 1 aromatic heterocycles. The molecule has 0 atom stereocenters. The summed E-state index contributed by atoms with van der Waals surface area (Å²) in [5.41, 5.74) is 4.86. The molecule has 2 heterocycles. The molecule has 0 bridgehead atoms. The summed E-state index contributed by atoms with van der Waals surface area (Å²) in [5, 5.41) is 4.67. The van der Waals surface area contributed by atoms with Gasteiger partial charge in [0.25, 0.3) is 0 Å². The SMILES string of the molecule is CCOC(=O)c1c(NC(=S)N2CCc3ccccc32)sc(C)c1-c1ccccc1. The number of benzene rings is 2. The first-order chi connectivity index (χ1) is 14.1. The van der Waals surface area contributed by atoms with E-state index in [-0.39, 0.29) is 5.97 Å². The molecule has 1 N–H and O–H groups in total. The fourth-order valence-corrected chi connectivity index (χ4v) is 5.12. The van der Waals surface area contributed by atoms with Gasteiger partial charge in [0.05, 0.1) is 6.61 Å². The van der Waals surface area contributed by atoms with Crippen molar-refractivity contribution in [3.05, 3.63) is 70.6 Å². The first kappa shape index (κ1) is 19.6. The number of rotatable bonds is 4. The van der Waals surface area contributed by atoms with Gasteiger partial charge in [-0.3, -0.25) is 0 Å². The molecule has 0 saturated carbocycles. The van der Waals surface area contributed by atoms with Gasteiger partial charge in [-0.25, -0.2) is 4.79 Å². The normalized spacial score (nSPS) is 12.6. The summed E-state index contributed by atoms with van der Waals surface area (Å²) >= 11 is 7.25. The number of esters is 1. The van der Waals surface area contributed by atoms with Gasteiger partial charge in [-0.2, -0.15) is 0 Å². The van der Waals surface area contributed by atoms with Crippen LogP contribution in [0.15, 0.2) is 54.6 Å². The molecule has 2 aromatic carbocycles. The average molecular weight is 423 g/mol. The molecule has 3 aromatic rings. The fourth-order valence-electron chi connectivity index (χ4n) is 3.70. The van der Waals surface area contributed by atoms with E-state index in [0.29, 0.717) is 17.3 Å². The molecule has 29 heavy (non-hydrogen) atoms. The van der Waals surface area contributed by atoms with Crippen molar-refractivity contribution in [2.75, 3.05) is 23.4 Å². The third kappa shape index (κ3) is 3.78. The molecule has 1 aliphatic rings. The number of hydrogen-bond donors (Lipinski definition) is 1. The lowest BCUT2D eigenvalue weighted by atomic mass is 10.0. The first-order valence-electron chi connectivity index (χ1n) is 9.62. The average Bonchev–Trinajstić information content (AvgIpc) is 3.29. The summed E-state index contributed by atoms with van der Waals surface area (Å²) in [6.45, 7) is 4.99. The lowest BCUT2D eigenvalue weighted by Gasteiger charge is -2.21. The Balaban J connectivity index is 1.71. The van der Waals surface area contributed by atoms with Crippen LogP contribution >= 0.6 is 23.6 Å².